The number of anilines is 1. The minimum Gasteiger partial charge on any atom is -0.481 e. The summed E-state index contributed by atoms with van der Waals surface area (Å²) < 4.78 is 24.8. The van der Waals surface area contributed by atoms with Crippen LogP contribution in [0, 0.1) is 18.2 Å². The van der Waals surface area contributed by atoms with Crippen LogP contribution in [-0.4, -0.2) is 27.3 Å². The van der Waals surface area contributed by atoms with Gasteiger partial charge < -0.3 is 19.5 Å². The fourth-order valence-electron chi connectivity index (χ4n) is 4.42. The first-order chi connectivity index (χ1) is 17.5. The molecular weight excluding hydrogens is 477 g/mol. The summed E-state index contributed by atoms with van der Waals surface area (Å²) >= 11 is 0. The molecule has 1 fully saturated rings. The number of carbonyl (C=O) groups is 2. The smallest absolute Gasteiger partial charge is 0.303 e. The highest BCUT2D eigenvalue weighted by Gasteiger charge is 2.37. The van der Waals surface area contributed by atoms with E-state index in [1.54, 1.807) is 6.92 Å². The van der Waals surface area contributed by atoms with Crippen molar-refractivity contribution in [1.29, 1.82) is 0 Å². The second-order valence-electron chi connectivity index (χ2n) is 11.2. The van der Waals surface area contributed by atoms with Crippen molar-refractivity contribution in [2.75, 3.05) is 5.32 Å². The van der Waals surface area contributed by atoms with Crippen LogP contribution in [0.5, 0.6) is 0 Å². The van der Waals surface area contributed by atoms with E-state index < -0.39 is 11.9 Å². The van der Waals surface area contributed by atoms with Crippen LogP contribution in [-0.2, 0) is 16.0 Å². The molecule has 4 rings (SSSR count). The van der Waals surface area contributed by atoms with Crippen molar-refractivity contribution in [3.8, 4) is 11.5 Å². The highest BCUT2D eigenvalue weighted by Crippen LogP contribution is 2.48. The second kappa shape index (κ2) is 10.9. The van der Waals surface area contributed by atoms with Crippen LogP contribution < -0.4 is 5.32 Å². The van der Waals surface area contributed by atoms with Crippen molar-refractivity contribution >= 4 is 17.6 Å². The van der Waals surface area contributed by atoms with Crippen LogP contribution in [0.2, 0.25) is 0 Å². The fourth-order valence-corrected chi connectivity index (χ4v) is 4.42. The lowest BCUT2D eigenvalue weighted by molar-refractivity contribution is -0.137. The Morgan fingerprint density at radius 2 is 1.95 bits per heavy atom. The predicted octanol–water partition coefficient (Wildman–Crippen LogP) is 6.61. The van der Waals surface area contributed by atoms with Gasteiger partial charge in [0.15, 0.2) is 11.5 Å². The molecule has 0 saturated heterocycles. The Morgan fingerprint density at radius 1 is 1.19 bits per heavy atom. The number of rotatable bonds is 11. The summed E-state index contributed by atoms with van der Waals surface area (Å²) in [4.78, 5) is 24.3. The zero-order chi connectivity index (χ0) is 26.7. The molecule has 1 saturated carbocycles. The summed E-state index contributed by atoms with van der Waals surface area (Å²) in [6.07, 6.45) is 3.75. The minimum absolute atomic E-state index is 0.0193. The quantitative estimate of drug-likeness (QED) is 0.297. The van der Waals surface area contributed by atoms with E-state index >= 15 is 0 Å². The number of nitrogens with one attached hydrogen (secondary N) is 1. The van der Waals surface area contributed by atoms with Crippen molar-refractivity contribution in [3.05, 3.63) is 52.7 Å². The summed E-state index contributed by atoms with van der Waals surface area (Å²) in [6.45, 7) is 8.22. The van der Waals surface area contributed by atoms with Crippen molar-refractivity contribution in [1.82, 2.24) is 10.3 Å². The van der Waals surface area contributed by atoms with Gasteiger partial charge in [0.2, 0.25) is 5.91 Å². The van der Waals surface area contributed by atoms with Crippen LogP contribution in [0.3, 0.4) is 0 Å². The van der Waals surface area contributed by atoms with E-state index in [9.17, 15) is 19.1 Å². The van der Waals surface area contributed by atoms with Gasteiger partial charge in [-0.05, 0) is 67.7 Å². The topological polar surface area (TPSA) is 118 Å². The normalized spacial score (nSPS) is 14.5. The maximum absolute atomic E-state index is 13.5. The number of amides is 1. The number of hydrogen-bond acceptors (Lipinski definition) is 6. The average molecular weight is 512 g/mol. The van der Waals surface area contributed by atoms with Crippen molar-refractivity contribution in [3.63, 3.8) is 0 Å². The van der Waals surface area contributed by atoms with Crippen LogP contribution in [0.15, 0.2) is 33.3 Å². The van der Waals surface area contributed by atoms with Gasteiger partial charge in [0, 0.05) is 42.5 Å². The fraction of sp³-hybridized carbons (Fsp3) is 0.500. The molecule has 1 aliphatic rings. The zero-order valence-electron chi connectivity index (χ0n) is 21.8. The van der Waals surface area contributed by atoms with Gasteiger partial charge >= 0.3 is 5.97 Å². The van der Waals surface area contributed by atoms with Gasteiger partial charge in [-0.25, -0.2) is 4.39 Å². The number of aliphatic carboxylic acids is 1. The van der Waals surface area contributed by atoms with Crippen LogP contribution in [0.25, 0.3) is 11.5 Å². The zero-order valence-corrected chi connectivity index (χ0v) is 21.8. The Bertz CT molecular complexity index is 1270. The summed E-state index contributed by atoms with van der Waals surface area (Å²) in [5, 5.41) is 20.7. The first kappa shape index (κ1) is 26.6. The molecule has 1 aromatic carbocycles. The molecule has 8 nitrogen and oxygen atoms in total. The summed E-state index contributed by atoms with van der Waals surface area (Å²) in [6, 6.07) is 6.02. The lowest BCUT2D eigenvalue weighted by Gasteiger charge is -2.16. The number of hydrogen-bond donors (Lipinski definition) is 2. The lowest BCUT2D eigenvalue weighted by Crippen LogP contribution is -2.18. The molecule has 9 heteroatoms. The van der Waals surface area contributed by atoms with Gasteiger partial charge in [0.1, 0.15) is 11.6 Å². The molecule has 1 aliphatic carbocycles. The molecular formula is C28H34FN3O5. The molecule has 3 aromatic rings. The van der Waals surface area contributed by atoms with Gasteiger partial charge in [0.25, 0.3) is 0 Å². The van der Waals surface area contributed by atoms with Crippen LogP contribution in [0.1, 0.15) is 93.7 Å². The highest BCUT2D eigenvalue weighted by molar-refractivity contribution is 5.92. The van der Waals surface area contributed by atoms with Gasteiger partial charge in [-0.15, -0.1) is 0 Å². The SMILES string of the molecule is Cc1cc(F)ccc1NC(=O)C[C@H](CCC(=O)O)c1noc(-c2cc(CCC(C)(C)C)on2)c1C1CC1. The minimum atomic E-state index is -0.948. The number of carboxylic acid groups (broad SMARTS) is 1. The molecule has 37 heavy (non-hydrogen) atoms. The van der Waals surface area contributed by atoms with E-state index in [0.29, 0.717) is 28.4 Å². The van der Waals surface area contributed by atoms with Gasteiger partial charge in [0.05, 0.1) is 5.69 Å². The first-order valence-corrected chi connectivity index (χ1v) is 12.7. The standard InChI is InChI=1S/C28H34FN3O5/c1-16-13-19(29)8-9-21(16)30-23(33)14-18(7-10-24(34)35)26-25(17-5-6-17)27(37-32-26)22-15-20(36-31-22)11-12-28(2,3)4/h8-9,13,15,17-18H,5-7,10-12,14H2,1-4H3,(H,30,33)(H,34,35)/t18-/m0/s1. The molecule has 0 aliphatic heterocycles. The summed E-state index contributed by atoms with van der Waals surface area (Å²) in [7, 11) is 0. The number of carboxylic acids is 1. The summed E-state index contributed by atoms with van der Waals surface area (Å²) in [5.74, 6) is -0.579. The maximum atomic E-state index is 13.5. The van der Waals surface area contributed by atoms with E-state index in [1.807, 2.05) is 6.07 Å². The third-order valence-electron chi connectivity index (χ3n) is 6.64. The van der Waals surface area contributed by atoms with E-state index in [0.717, 1.165) is 37.0 Å². The van der Waals surface area contributed by atoms with E-state index in [1.165, 1.54) is 18.2 Å². The molecule has 2 N–H and O–H groups in total. The largest absolute Gasteiger partial charge is 0.481 e. The Balaban J connectivity index is 1.58. The highest BCUT2D eigenvalue weighted by atomic mass is 19.1. The Hall–Kier alpha value is -3.49. The molecule has 0 unspecified atom stereocenters. The number of nitrogens with zero attached hydrogens (tertiary/aromatic N) is 2. The predicted molar refractivity (Wildman–Crippen MR) is 136 cm³/mol. The molecule has 0 radical (unpaired) electrons. The maximum Gasteiger partial charge on any atom is 0.303 e. The number of aromatic nitrogens is 2. The van der Waals surface area contributed by atoms with Gasteiger partial charge in [-0.2, -0.15) is 0 Å². The average Bonchev–Trinajstić information content (AvgIpc) is 3.37. The van der Waals surface area contributed by atoms with Crippen LogP contribution in [0.4, 0.5) is 10.1 Å². The first-order valence-electron chi connectivity index (χ1n) is 12.7. The molecule has 2 heterocycles. The molecule has 1 atom stereocenters. The number of halogens is 1. The molecule has 0 bridgehead atoms. The third kappa shape index (κ3) is 7.05. The van der Waals surface area contributed by atoms with Gasteiger partial charge in [-0.1, -0.05) is 31.1 Å². The van der Waals surface area contributed by atoms with Gasteiger partial charge in [-0.3, -0.25) is 9.59 Å². The summed E-state index contributed by atoms with van der Waals surface area (Å²) in [5.41, 5.74) is 3.33. The van der Waals surface area contributed by atoms with Crippen molar-refractivity contribution in [2.24, 2.45) is 5.41 Å². The van der Waals surface area contributed by atoms with E-state index in [-0.39, 0.29) is 42.3 Å². The van der Waals surface area contributed by atoms with E-state index in [4.69, 9.17) is 9.05 Å². The van der Waals surface area contributed by atoms with Crippen molar-refractivity contribution < 1.29 is 28.1 Å². The number of aryl methyl sites for hydroxylation is 2. The monoisotopic (exact) mass is 511 g/mol. The third-order valence-corrected chi connectivity index (χ3v) is 6.64. The molecule has 198 valence electrons. The molecule has 0 spiro atoms. The van der Waals surface area contributed by atoms with Crippen molar-refractivity contribution in [2.45, 2.75) is 84.5 Å². The number of benzene rings is 1. The number of carbonyl (C=O) groups excluding carboxylic acids is 1. The second-order valence-corrected chi connectivity index (χ2v) is 11.2. The molecule has 1 amide bonds. The molecule has 2 aromatic heterocycles. The van der Waals surface area contributed by atoms with Crippen LogP contribution >= 0.6 is 0 Å². The lowest BCUT2D eigenvalue weighted by atomic mass is 9.89. The Morgan fingerprint density at radius 3 is 2.59 bits per heavy atom. The van der Waals surface area contributed by atoms with E-state index in [2.05, 4.69) is 36.4 Å². The Kier molecular flexibility index (Phi) is 7.80. The Labute approximate surface area is 215 Å².